The molecule has 1 amide bonds. The fourth-order valence-corrected chi connectivity index (χ4v) is 1.11. The zero-order chi connectivity index (χ0) is 14.0. The first-order valence-corrected chi connectivity index (χ1v) is 5.20. The summed E-state index contributed by atoms with van der Waals surface area (Å²) in [6.45, 7) is 3.66. The second-order valence-electron chi connectivity index (χ2n) is 4.60. The molecular formula is C11H16Cl2F3N3O. The molecule has 0 aliphatic carbocycles. The van der Waals surface area contributed by atoms with Crippen LogP contribution in [0.2, 0.25) is 0 Å². The Labute approximate surface area is 127 Å². The van der Waals surface area contributed by atoms with Crippen molar-refractivity contribution in [3.05, 3.63) is 29.6 Å². The minimum atomic E-state index is -4.51. The number of aromatic nitrogens is 1. The molecule has 4 nitrogen and oxygen atoms in total. The van der Waals surface area contributed by atoms with E-state index in [4.69, 9.17) is 5.73 Å². The van der Waals surface area contributed by atoms with Crippen LogP contribution < -0.4 is 11.1 Å². The molecule has 1 heterocycles. The number of halogens is 5. The van der Waals surface area contributed by atoms with Crippen LogP contribution in [0.4, 0.5) is 13.2 Å². The normalized spacial score (nSPS) is 11.1. The van der Waals surface area contributed by atoms with E-state index >= 15 is 0 Å². The van der Waals surface area contributed by atoms with Gasteiger partial charge in [-0.15, -0.1) is 24.8 Å². The van der Waals surface area contributed by atoms with Crippen LogP contribution in [-0.4, -0.2) is 23.0 Å². The van der Waals surface area contributed by atoms with Crippen LogP contribution in [0.1, 0.15) is 29.9 Å². The minimum Gasteiger partial charge on any atom is -0.350 e. The third-order valence-electron chi connectivity index (χ3n) is 2.02. The summed E-state index contributed by atoms with van der Waals surface area (Å²) in [5.74, 6) is -0.505. The summed E-state index contributed by atoms with van der Waals surface area (Å²) in [6.07, 6.45) is -3.62. The number of hydrogen-bond donors (Lipinski definition) is 2. The van der Waals surface area contributed by atoms with E-state index in [1.165, 1.54) is 0 Å². The fourth-order valence-electron chi connectivity index (χ4n) is 1.11. The molecular weight excluding hydrogens is 318 g/mol. The highest BCUT2D eigenvalue weighted by atomic mass is 35.5. The van der Waals surface area contributed by atoms with Crippen molar-refractivity contribution in [1.29, 1.82) is 0 Å². The Morgan fingerprint density at radius 2 is 1.85 bits per heavy atom. The lowest BCUT2D eigenvalue weighted by Crippen LogP contribution is -2.45. The largest absolute Gasteiger partial charge is 0.433 e. The molecule has 1 aromatic heterocycles. The second kappa shape index (κ2) is 7.66. The van der Waals surface area contributed by atoms with E-state index in [9.17, 15) is 18.0 Å². The minimum absolute atomic E-state index is 0. The van der Waals surface area contributed by atoms with Crippen LogP contribution in [0.3, 0.4) is 0 Å². The number of carbonyl (C=O) groups excluding carboxylic acids is 1. The fraction of sp³-hybridized carbons (Fsp3) is 0.455. The monoisotopic (exact) mass is 333 g/mol. The lowest BCUT2D eigenvalue weighted by molar-refractivity contribution is -0.141. The first kappa shape index (κ1) is 21.3. The summed E-state index contributed by atoms with van der Waals surface area (Å²) in [6, 6.07) is 1.84. The van der Waals surface area contributed by atoms with E-state index in [-0.39, 0.29) is 36.9 Å². The van der Waals surface area contributed by atoms with Gasteiger partial charge in [-0.05, 0) is 26.0 Å². The van der Waals surface area contributed by atoms with Crippen LogP contribution in [0.5, 0.6) is 0 Å². The molecule has 1 rings (SSSR count). The summed E-state index contributed by atoms with van der Waals surface area (Å²) >= 11 is 0. The van der Waals surface area contributed by atoms with Crippen molar-refractivity contribution in [2.24, 2.45) is 5.73 Å². The number of carbonyl (C=O) groups is 1. The Bertz CT molecular complexity index is 430. The van der Waals surface area contributed by atoms with Gasteiger partial charge in [-0.3, -0.25) is 9.78 Å². The molecule has 9 heteroatoms. The number of nitrogens with two attached hydrogens (primary N) is 1. The molecule has 0 aromatic carbocycles. The molecule has 0 spiro atoms. The highest BCUT2D eigenvalue weighted by molar-refractivity contribution is 5.93. The van der Waals surface area contributed by atoms with Gasteiger partial charge in [-0.1, -0.05) is 0 Å². The van der Waals surface area contributed by atoms with Crippen LogP contribution in [0.15, 0.2) is 18.3 Å². The molecule has 0 aliphatic rings. The van der Waals surface area contributed by atoms with Gasteiger partial charge < -0.3 is 11.1 Å². The Kier molecular flexibility index (Phi) is 8.14. The molecule has 0 radical (unpaired) electrons. The molecule has 0 fully saturated rings. The highest BCUT2D eigenvalue weighted by Crippen LogP contribution is 2.27. The van der Waals surface area contributed by atoms with E-state index in [2.05, 4.69) is 10.3 Å². The van der Waals surface area contributed by atoms with Crippen molar-refractivity contribution in [3.8, 4) is 0 Å². The van der Waals surface area contributed by atoms with Gasteiger partial charge in [-0.2, -0.15) is 13.2 Å². The standard InChI is InChI=1S/C11H14F3N3O.2ClH/c1-10(2,15)6-17-9(18)7-3-4-8(16-5-7)11(12,13)14;;/h3-5H,6,15H2,1-2H3,(H,17,18);2*1H. The van der Waals surface area contributed by atoms with Gasteiger partial charge in [0.25, 0.3) is 5.91 Å². The number of hydrogen-bond acceptors (Lipinski definition) is 3. The van der Waals surface area contributed by atoms with Crippen molar-refractivity contribution >= 4 is 30.7 Å². The SMILES string of the molecule is CC(C)(N)CNC(=O)c1ccc(C(F)(F)F)nc1.Cl.Cl. The Balaban J connectivity index is 0. The third kappa shape index (κ3) is 6.93. The maximum Gasteiger partial charge on any atom is 0.433 e. The van der Waals surface area contributed by atoms with Crippen LogP contribution in [0.25, 0.3) is 0 Å². The summed E-state index contributed by atoms with van der Waals surface area (Å²) in [5, 5.41) is 2.51. The quantitative estimate of drug-likeness (QED) is 0.892. The van der Waals surface area contributed by atoms with Crippen molar-refractivity contribution in [2.75, 3.05) is 6.54 Å². The maximum absolute atomic E-state index is 12.2. The predicted octanol–water partition coefficient (Wildman–Crippen LogP) is 2.41. The third-order valence-corrected chi connectivity index (χ3v) is 2.02. The van der Waals surface area contributed by atoms with Crippen LogP contribution in [0, 0.1) is 0 Å². The Hall–Kier alpha value is -1.05. The molecule has 116 valence electrons. The van der Waals surface area contributed by atoms with Crippen LogP contribution >= 0.6 is 24.8 Å². The first-order valence-electron chi connectivity index (χ1n) is 5.20. The first-order chi connectivity index (χ1) is 8.09. The van der Waals surface area contributed by atoms with Gasteiger partial charge in [0.15, 0.2) is 0 Å². The molecule has 0 atom stereocenters. The number of alkyl halides is 3. The molecule has 1 aromatic rings. The topological polar surface area (TPSA) is 68.0 Å². The molecule has 0 bridgehead atoms. The predicted molar refractivity (Wildman–Crippen MR) is 74.3 cm³/mol. The highest BCUT2D eigenvalue weighted by Gasteiger charge is 2.32. The Morgan fingerprint density at radius 1 is 1.30 bits per heavy atom. The lowest BCUT2D eigenvalue weighted by Gasteiger charge is -2.18. The van der Waals surface area contributed by atoms with E-state index in [0.717, 1.165) is 18.3 Å². The van der Waals surface area contributed by atoms with Gasteiger partial charge in [-0.25, -0.2) is 0 Å². The average molecular weight is 334 g/mol. The number of amides is 1. The second-order valence-corrected chi connectivity index (χ2v) is 4.60. The molecule has 20 heavy (non-hydrogen) atoms. The van der Waals surface area contributed by atoms with Gasteiger partial charge in [0.05, 0.1) is 5.56 Å². The number of pyridine rings is 1. The Morgan fingerprint density at radius 3 is 2.20 bits per heavy atom. The lowest BCUT2D eigenvalue weighted by atomic mass is 10.1. The molecule has 0 saturated heterocycles. The summed E-state index contributed by atoms with van der Waals surface area (Å²) < 4.78 is 36.7. The van der Waals surface area contributed by atoms with Gasteiger partial charge in [0.1, 0.15) is 5.69 Å². The smallest absolute Gasteiger partial charge is 0.350 e. The van der Waals surface area contributed by atoms with Gasteiger partial charge in [0.2, 0.25) is 0 Å². The molecule has 0 aliphatic heterocycles. The van der Waals surface area contributed by atoms with Crippen molar-refractivity contribution < 1.29 is 18.0 Å². The van der Waals surface area contributed by atoms with E-state index < -0.39 is 23.3 Å². The number of nitrogens with one attached hydrogen (secondary N) is 1. The van der Waals surface area contributed by atoms with Gasteiger partial charge in [0, 0.05) is 18.3 Å². The number of rotatable bonds is 3. The van der Waals surface area contributed by atoms with Crippen molar-refractivity contribution in [1.82, 2.24) is 10.3 Å². The van der Waals surface area contributed by atoms with Crippen molar-refractivity contribution in [3.63, 3.8) is 0 Å². The van der Waals surface area contributed by atoms with Gasteiger partial charge >= 0.3 is 6.18 Å². The molecule has 3 N–H and O–H groups in total. The summed E-state index contributed by atoms with van der Waals surface area (Å²) in [5.41, 5.74) is 4.11. The zero-order valence-corrected chi connectivity index (χ0v) is 12.5. The van der Waals surface area contributed by atoms with E-state index in [1.807, 2.05) is 0 Å². The number of nitrogens with zero attached hydrogens (tertiary/aromatic N) is 1. The molecule has 0 unspecified atom stereocenters. The van der Waals surface area contributed by atoms with E-state index in [0.29, 0.717) is 0 Å². The van der Waals surface area contributed by atoms with Crippen LogP contribution in [-0.2, 0) is 6.18 Å². The van der Waals surface area contributed by atoms with Crippen molar-refractivity contribution in [2.45, 2.75) is 25.6 Å². The zero-order valence-electron chi connectivity index (χ0n) is 10.8. The summed E-state index contributed by atoms with van der Waals surface area (Å²) in [4.78, 5) is 14.8. The summed E-state index contributed by atoms with van der Waals surface area (Å²) in [7, 11) is 0. The molecule has 0 saturated carbocycles. The average Bonchev–Trinajstić information content (AvgIpc) is 2.24. The van der Waals surface area contributed by atoms with E-state index in [1.54, 1.807) is 13.8 Å². The maximum atomic E-state index is 12.2.